The third-order valence-corrected chi connectivity index (χ3v) is 3.08. The molecular formula is C18H16O4. The molecule has 0 amide bonds. The van der Waals surface area contributed by atoms with Crippen molar-refractivity contribution in [3.05, 3.63) is 71.3 Å². The molecule has 22 heavy (non-hydrogen) atoms. The van der Waals surface area contributed by atoms with Gasteiger partial charge in [0.2, 0.25) is 0 Å². The first-order valence-corrected chi connectivity index (χ1v) is 6.74. The van der Waals surface area contributed by atoms with Crippen LogP contribution in [-0.4, -0.2) is 19.0 Å². The zero-order valence-corrected chi connectivity index (χ0v) is 12.4. The van der Waals surface area contributed by atoms with Gasteiger partial charge in [0.15, 0.2) is 0 Å². The lowest BCUT2D eigenvalue weighted by molar-refractivity contribution is -0.128. The predicted molar refractivity (Wildman–Crippen MR) is 83.6 cm³/mol. The van der Waals surface area contributed by atoms with Crippen LogP contribution in [0.5, 0.6) is 5.75 Å². The predicted octanol–water partition coefficient (Wildman–Crippen LogP) is 3.40. The number of hydrogen-bond donors (Lipinski definition) is 0. The van der Waals surface area contributed by atoms with Crippen molar-refractivity contribution < 1.29 is 19.1 Å². The third-order valence-electron chi connectivity index (χ3n) is 3.08. The first kappa shape index (κ1) is 15.5. The minimum atomic E-state index is -0.478. The maximum absolute atomic E-state index is 11.8. The van der Waals surface area contributed by atoms with Gasteiger partial charge in [-0.1, -0.05) is 24.3 Å². The normalized spacial score (nSPS) is 10.5. The highest BCUT2D eigenvalue weighted by molar-refractivity contribution is 5.90. The molecule has 0 saturated heterocycles. The summed E-state index contributed by atoms with van der Waals surface area (Å²) in [4.78, 5) is 23.1. The van der Waals surface area contributed by atoms with Crippen molar-refractivity contribution in [3.63, 3.8) is 0 Å². The summed E-state index contributed by atoms with van der Waals surface area (Å²) in [6, 6.07) is 13.9. The molecule has 0 atom stereocenters. The summed E-state index contributed by atoms with van der Waals surface area (Å²) >= 11 is 0. The molecule has 2 aromatic carbocycles. The van der Waals surface area contributed by atoms with Gasteiger partial charge in [-0.3, -0.25) is 0 Å². The van der Waals surface area contributed by atoms with Gasteiger partial charge in [0.05, 0.1) is 12.7 Å². The van der Waals surface area contributed by atoms with Crippen molar-refractivity contribution in [2.24, 2.45) is 0 Å². The van der Waals surface area contributed by atoms with E-state index in [0.717, 1.165) is 11.1 Å². The minimum Gasteiger partial charge on any atom is -0.465 e. The van der Waals surface area contributed by atoms with E-state index in [-0.39, 0.29) is 0 Å². The summed E-state index contributed by atoms with van der Waals surface area (Å²) in [5.41, 5.74) is 2.44. The highest BCUT2D eigenvalue weighted by Gasteiger charge is 2.06. The first-order valence-electron chi connectivity index (χ1n) is 6.74. The Balaban J connectivity index is 2.00. The van der Waals surface area contributed by atoms with Crippen molar-refractivity contribution in [2.75, 3.05) is 7.11 Å². The molecule has 0 heterocycles. The second-order valence-electron chi connectivity index (χ2n) is 4.63. The van der Waals surface area contributed by atoms with Crippen LogP contribution in [0, 0.1) is 6.92 Å². The van der Waals surface area contributed by atoms with Crippen LogP contribution in [0.25, 0.3) is 6.08 Å². The highest BCUT2D eigenvalue weighted by Crippen LogP contribution is 2.14. The van der Waals surface area contributed by atoms with Crippen LogP contribution in [0.2, 0.25) is 0 Å². The van der Waals surface area contributed by atoms with Crippen molar-refractivity contribution in [3.8, 4) is 5.75 Å². The fourth-order valence-corrected chi connectivity index (χ4v) is 1.86. The molecule has 0 saturated carbocycles. The van der Waals surface area contributed by atoms with Crippen molar-refractivity contribution in [2.45, 2.75) is 6.92 Å². The first-order chi connectivity index (χ1) is 10.6. The molecule has 0 fully saturated rings. The Morgan fingerprint density at radius 3 is 2.32 bits per heavy atom. The van der Waals surface area contributed by atoms with Gasteiger partial charge in [0, 0.05) is 6.08 Å². The summed E-state index contributed by atoms with van der Waals surface area (Å²) in [7, 11) is 1.31. The number of aryl methyl sites for hydroxylation is 1. The third kappa shape index (κ3) is 4.06. The molecule has 0 aliphatic carbocycles. The maximum atomic E-state index is 11.8. The molecule has 0 N–H and O–H groups in total. The van der Waals surface area contributed by atoms with Gasteiger partial charge in [-0.25, -0.2) is 9.59 Å². The van der Waals surface area contributed by atoms with Crippen LogP contribution in [0.3, 0.4) is 0 Å². The molecule has 0 aliphatic rings. The molecule has 112 valence electrons. The van der Waals surface area contributed by atoms with Crippen LogP contribution >= 0.6 is 0 Å². The fraction of sp³-hybridized carbons (Fsp3) is 0.111. The zero-order valence-electron chi connectivity index (χ0n) is 12.4. The number of carbonyl (C=O) groups excluding carboxylic acids is 2. The van der Waals surface area contributed by atoms with Crippen molar-refractivity contribution in [1.29, 1.82) is 0 Å². The van der Waals surface area contributed by atoms with E-state index in [4.69, 9.17) is 4.74 Å². The van der Waals surface area contributed by atoms with E-state index >= 15 is 0 Å². The molecule has 0 bridgehead atoms. The molecule has 0 aliphatic heterocycles. The number of esters is 2. The van der Waals surface area contributed by atoms with Gasteiger partial charge in [-0.15, -0.1) is 0 Å². The van der Waals surface area contributed by atoms with E-state index in [1.165, 1.54) is 13.2 Å². The van der Waals surface area contributed by atoms with Gasteiger partial charge >= 0.3 is 11.9 Å². The van der Waals surface area contributed by atoms with E-state index in [9.17, 15) is 9.59 Å². The largest absolute Gasteiger partial charge is 0.465 e. The highest BCUT2D eigenvalue weighted by atomic mass is 16.5. The topological polar surface area (TPSA) is 52.6 Å². The van der Waals surface area contributed by atoms with Crippen LogP contribution in [-0.2, 0) is 9.53 Å². The Morgan fingerprint density at radius 1 is 1.00 bits per heavy atom. The fourth-order valence-electron chi connectivity index (χ4n) is 1.86. The molecule has 0 aromatic heterocycles. The Labute approximate surface area is 129 Å². The number of rotatable bonds is 4. The molecule has 0 spiro atoms. The number of hydrogen-bond acceptors (Lipinski definition) is 4. The molecule has 2 rings (SSSR count). The number of carbonyl (C=O) groups is 2. The second-order valence-corrected chi connectivity index (χ2v) is 4.63. The van der Waals surface area contributed by atoms with Crippen LogP contribution in [0.15, 0.2) is 54.6 Å². The van der Waals surface area contributed by atoms with E-state index in [1.807, 2.05) is 31.2 Å². The molecular weight excluding hydrogens is 280 g/mol. The molecule has 4 nitrogen and oxygen atoms in total. The summed E-state index contributed by atoms with van der Waals surface area (Å²) in [5, 5.41) is 0. The van der Waals surface area contributed by atoms with E-state index in [1.54, 1.807) is 30.3 Å². The lowest BCUT2D eigenvalue weighted by atomic mass is 10.1. The number of methoxy groups -OCH3 is 1. The number of benzene rings is 2. The summed E-state index contributed by atoms with van der Waals surface area (Å²) in [6.45, 7) is 1.97. The monoisotopic (exact) mass is 296 g/mol. The average Bonchev–Trinajstić information content (AvgIpc) is 2.54. The lowest BCUT2D eigenvalue weighted by Gasteiger charge is -2.03. The van der Waals surface area contributed by atoms with E-state index < -0.39 is 11.9 Å². The second kappa shape index (κ2) is 7.22. The Bertz CT molecular complexity index is 699. The quantitative estimate of drug-likeness (QED) is 0.493. The zero-order chi connectivity index (χ0) is 15.9. The van der Waals surface area contributed by atoms with E-state index in [0.29, 0.717) is 11.3 Å². The average molecular weight is 296 g/mol. The Hall–Kier alpha value is -2.88. The van der Waals surface area contributed by atoms with Crippen LogP contribution in [0.4, 0.5) is 0 Å². The van der Waals surface area contributed by atoms with Gasteiger partial charge < -0.3 is 9.47 Å². The maximum Gasteiger partial charge on any atom is 0.337 e. The Kier molecular flexibility index (Phi) is 5.09. The van der Waals surface area contributed by atoms with Crippen molar-refractivity contribution in [1.82, 2.24) is 0 Å². The molecule has 0 unspecified atom stereocenters. The summed E-state index contributed by atoms with van der Waals surface area (Å²) in [5.74, 6) is -0.543. The van der Waals surface area contributed by atoms with E-state index in [2.05, 4.69) is 4.74 Å². The number of ether oxygens (including phenoxy) is 2. The SMILES string of the molecule is COC(=O)c1ccc(OC(=O)/C=C/c2ccccc2C)cc1. The minimum absolute atomic E-state index is 0.368. The summed E-state index contributed by atoms with van der Waals surface area (Å²) in [6.07, 6.45) is 3.08. The molecule has 2 aromatic rings. The van der Waals surface area contributed by atoms with Gasteiger partial charge in [0.25, 0.3) is 0 Å². The Morgan fingerprint density at radius 2 is 1.68 bits per heavy atom. The van der Waals surface area contributed by atoms with Gasteiger partial charge in [-0.2, -0.15) is 0 Å². The molecule has 0 radical (unpaired) electrons. The van der Waals surface area contributed by atoms with Gasteiger partial charge in [-0.05, 0) is 48.4 Å². The summed E-state index contributed by atoms with van der Waals surface area (Å²) < 4.78 is 9.76. The van der Waals surface area contributed by atoms with Crippen molar-refractivity contribution >= 4 is 18.0 Å². The van der Waals surface area contributed by atoms with Gasteiger partial charge in [0.1, 0.15) is 5.75 Å². The lowest BCUT2D eigenvalue weighted by Crippen LogP contribution is -2.05. The smallest absolute Gasteiger partial charge is 0.337 e. The van der Waals surface area contributed by atoms with Crippen LogP contribution in [0.1, 0.15) is 21.5 Å². The standard InChI is InChI=1S/C18H16O4/c1-13-5-3-4-6-14(13)9-12-17(19)22-16-10-7-15(8-11-16)18(20)21-2/h3-12H,1-2H3/b12-9+. The molecule has 4 heteroatoms. The van der Waals surface area contributed by atoms with Crippen LogP contribution < -0.4 is 4.74 Å².